The Kier molecular flexibility index (Phi) is 9.47. The normalized spacial score (nSPS) is 18.7. The van der Waals surface area contributed by atoms with Gasteiger partial charge in [-0.15, -0.1) is 0 Å². The van der Waals surface area contributed by atoms with Crippen molar-refractivity contribution in [2.45, 2.75) is 38.4 Å². The highest BCUT2D eigenvalue weighted by Crippen LogP contribution is 2.33. The van der Waals surface area contributed by atoms with E-state index in [-0.39, 0.29) is 18.6 Å². The van der Waals surface area contributed by atoms with E-state index in [2.05, 4.69) is 17.1 Å². The van der Waals surface area contributed by atoms with Crippen LogP contribution in [0, 0.1) is 11.8 Å². The van der Waals surface area contributed by atoms with E-state index in [1.807, 2.05) is 54.9 Å². The quantitative estimate of drug-likeness (QED) is 0.386. The lowest BCUT2D eigenvalue weighted by molar-refractivity contribution is 0.0150. The minimum Gasteiger partial charge on any atom is -0.497 e. The Morgan fingerprint density at radius 3 is 2.83 bits per heavy atom. The molecule has 192 valence electrons. The fourth-order valence-corrected chi connectivity index (χ4v) is 5.77. The molecule has 6 nitrogen and oxygen atoms in total. The van der Waals surface area contributed by atoms with Crippen LogP contribution in [0.4, 0.5) is 4.79 Å². The summed E-state index contributed by atoms with van der Waals surface area (Å²) in [4.78, 5) is 19.0. The van der Waals surface area contributed by atoms with Crippen LogP contribution >= 0.6 is 11.8 Å². The van der Waals surface area contributed by atoms with E-state index >= 15 is 0 Å². The molecule has 0 spiro atoms. The molecule has 0 aliphatic carbocycles. The molecule has 3 atom stereocenters. The SMILES string of the molecule is COc1ccc2nccc(CCC[C@@H]3CCN(C(=O)OCc4ccccc4)C[C@@H]3C(O)CSC)c2c1. The van der Waals surface area contributed by atoms with E-state index in [0.29, 0.717) is 24.8 Å². The Bertz CT molecular complexity index is 1130. The Morgan fingerprint density at radius 1 is 1.22 bits per heavy atom. The van der Waals surface area contributed by atoms with Crippen LogP contribution in [0.5, 0.6) is 5.75 Å². The number of benzene rings is 2. The van der Waals surface area contributed by atoms with Crippen LogP contribution in [0.25, 0.3) is 10.9 Å². The minimum absolute atomic E-state index is 0.0461. The number of methoxy groups -OCH3 is 1. The zero-order valence-corrected chi connectivity index (χ0v) is 22.0. The van der Waals surface area contributed by atoms with Gasteiger partial charge < -0.3 is 19.5 Å². The summed E-state index contributed by atoms with van der Waals surface area (Å²) in [7, 11) is 1.68. The molecular weight excluding hydrogens is 472 g/mol. The highest BCUT2D eigenvalue weighted by molar-refractivity contribution is 7.98. The highest BCUT2D eigenvalue weighted by Gasteiger charge is 2.35. The number of ether oxygens (including phenoxy) is 2. The molecule has 3 aromatic rings. The topological polar surface area (TPSA) is 71.9 Å². The Balaban J connectivity index is 1.36. The lowest BCUT2D eigenvalue weighted by Crippen LogP contribution is -2.48. The molecular formula is C29H36N2O4S. The van der Waals surface area contributed by atoms with Gasteiger partial charge in [0.2, 0.25) is 0 Å². The number of thioether (sulfide) groups is 1. The van der Waals surface area contributed by atoms with Crippen molar-refractivity contribution in [3.63, 3.8) is 0 Å². The van der Waals surface area contributed by atoms with Gasteiger partial charge in [-0.2, -0.15) is 11.8 Å². The number of aromatic nitrogens is 1. The molecule has 1 amide bonds. The number of pyridine rings is 1. The molecule has 4 rings (SSSR count). The van der Waals surface area contributed by atoms with Crippen molar-refractivity contribution in [3.05, 3.63) is 71.9 Å². The fraction of sp³-hybridized carbons (Fsp3) is 0.448. The third kappa shape index (κ3) is 6.71. The number of hydrogen-bond donors (Lipinski definition) is 1. The minimum atomic E-state index is -0.444. The second kappa shape index (κ2) is 13.0. The van der Waals surface area contributed by atoms with Crippen LogP contribution in [0.3, 0.4) is 0 Å². The predicted octanol–water partition coefficient (Wildman–Crippen LogP) is 5.56. The van der Waals surface area contributed by atoms with E-state index in [9.17, 15) is 9.90 Å². The van der Waals surface area contributed by atoms with E-state index in [1.165, 1.54) is 5.56 Å². The Labute approximate surface area is 218 Å². The maximum atomic E-state index is 12.8. The van der Waals surface area contributed by atoms with Gasteiger partial charge in [0, 0.05) is 36.3 Å². The number of carbonyl (C=O) groups is 1. The number of hydrogen-bond acceptors (Lipinski definition) is 6. The summed E-state index contributed by atoms with van der Waals surface area (Å²) in [5.74, 6) is 1.92. The molecule has 36 heavy (non-hydrogen) atoms. The number of fused-ring (bicyclic) bond motifs is 1. The number of aliphatic hydroxyl groups excluding tert-OH is 1. The first-order valence-corrected chi connectivity index (χ1v) is 14.0. The monoisotopic (exact) mass is 508 g/mol. The number of carbonyl (C=O) groups excluding carboxylic acids is 1. The smallest absolute Gasteiger partial charge is 0.410 e. The molecule has 1 aliphatic rings. The molecule has 1 aromatic heterocycles. The third-order valence-corrected chi connectivity index (χ3v) is 7.84. The fourth-order valence-electron chi connectivity index (χ4n) is 5.18. The average molecular weight is 509 g/mol. The lowest BCUT2D eigenvalue weighted by Gasteiger charge is -2.40. The first kappa shape index (κ1) is 26.3. The van der Waals surface area contributed by atoms with E-state index in [0.717, 1.165) is 47.9 Å². The molecule has 0 saturated carbocycles. The van der Waals surface area contributed by atoms with E-state index in [1.54, 1.807) is 23.8 Å². The molecule has 2 heterocycles. The first-order valence-electron chi connectivity index (χ1n) is 12.6. The molecule has 1 saturated heterocycles. The van der Waals surface area contributed by atoms with Crippen LogP contribution in [0.1, 0.15) is 30.4 Å². The van der Waals surface area contributed by atoms with Crippen LogP contribution in [0.15, 0.2) is 60.8 Å². The summed E-state index contributed by atoms with van der Waals surface area (Å²) in [5, 5.41) is 12.1. The van der Waals surface area contributed by atoms with Crippen LogP contribution < -0.4 is 4.74 Å². The van der Waals surface area contributed by atoms with E-state index in [4.69, 9.17) is 9.47 Å². The van der Waals surface area contributed by atoms with Gasteiger partial charge in [0.05, 0.1) is 18.7 Å². The predicted molar refractivity (Wildman–Crippen MR) is 145 cm³/mol. The van der Waals surface area contributed by atoms with Crippen LogP contribution in [-0.2, 0) is 17.8 Å². The molecule has 1 fully saturated rings. The number of aliphatic hydroxyl groups is 1. The number of amides is 1. The summed E-state index contributed by atoms with van der Waals surface area (Å²) >= 11 is 1.64. The van der Waals surface area contributed by atoms with Gasteiger partial charge in [0.15, 0.2) is 0 Å². The third-order valence-electron chi connectivity index (χ3n) is 7.16. The van der Waals surface area contributed by atoms with Gasteiger partial charge in [-0.05, 0) is 73.2 Å². The van der Waals surface area contributed by atoms with Crippen LogP contribution in [-0.4, -0.2) is 59.4 Å². The number of piperidine rings is 1. The largest absolute Gasteiger partial charge is 0.497 e. The van der Waals surface area contributed by atoms with Crippen molar-refractivity contribution < 1.29 is 19.4 Å². The second-order valence-corrected chi connectivity index (χ2v) is 10.4. The molecule has 1 unspecified atom stereocenters. The summed E-state index contributed by atoms with van der Waals surface area (Å²) < 4.78 is 11.0. The summed E-state index contributed by atoms with van der Waals surface area (Å²) in [6.45, 7) is 1.47. The van der Waals surface area contributed by atoms with Crippen LogP contribution in [0.2, 0.25) is 0 Å². The molecule has 1 N–H and O–H groups in total. The zero-order chi connectivity index (χ0) is 25.3. The van der Waals surface area contributed by atoms with Gasteiger partial charge in [-0.1, -0.05) is 30.3 Å². The van der Waals surface area contributed by atoms with Gasteiger partial charge in [0.25, 0.3) is 0 Å². The standard InChI is InChI=1S/C29H36N2O4S/c1-34-24-11-12-27-25(17-24)22(13-15-30-27)9-6-10-23-14-16-31(18-26(23)28(32)20-36-2)29(33)35-19-21-7-4-3-5-8-21/h3-5,7-8,11-13,15,17,23,26,28,32H,6,9-10,14,16,18-20H2,1-2H3/t23-,26+,28?/m1/s1. The van der Waals surface area contributed by atoms with Gasteiger partial charge >= 0.3 is 6.09 Å². The van der Waals surface area contributed by atoms with Crippen molar-refractivity contribution in [2.75, 3.05) is 32.2 Å². The average Bonchev–Trinajstić information content (AvgIpc) is 2.92. The van der Waals surface area contributed by atoms with E-state index < -0.39 is 6.10 Å². The number of nitrogens with zero attached hydrogens (tertiary/aromatic N) is 2. The maximum absolute atomic E-state index is 12.8. The maximum Gasteiger partial charge on any atom is 0.410 e. The molecule has 1 aliphatic heterocycles. The van der Waals surface area contributed by atoms with Crippen molar-refractivity contribution in [3.8, 4) is 5.75 Å². The van der Waals surface area contributed by atoms with Gasteiger partial charge in [0.1, 0.15) is 12.4 Å². The second-order valence-electron chi connectivity index (χ2n) is 9.47. The zero-order valence-electron chi connectivity index (χ0n) is 21.1. The van der Waals surface area contributed by atoms with Crippen molar-refractivity contribution in [1.82, 2.24) is 9.88 Å². The summed E-state index contributed by atoms with van der Waals surface area (Å²) in [6, 6.07) is 17.8. The lowest BCUT2D eigenvalue weighted by atomic mass is 9.79. The van der Waals surface area contributed by atoms with Crippen molar-refractivity contribution >= 4 is 28.8 Å². The van der Waals surface area contributed by atoms with Crippen molar-refractivity contribution in [1.29, 1.82) is 0 Å². The van der Waals surface area contributed by atoms with Crippen molar-refractivity contribution in [2.24, 2.45) is 11.8 Å². The number of rotatable bonds is 10. The number of likely N-dealkylation sites (tertiary alicyclic amines) is 1. The number of aryl methyl sites for hydroxylation is 1. The molecule has 2 aromatic carbocycles. The first-order chi connectivity index (χ1) is 17.6. The Hall–Kier alpha value is -2.77. The Morgan fingerprint density at radius 2 is 2.06 bits per heavy atom. The molecule has 0 bridgehead atoms. The molecule has 7 heteroatoms. The summed E-state index contributed by atoms with van der Waals surface area (Å²) in [5.41, 5.74) is 3.21. The molecule has 0 radical (unpaired) electrons. The summed E-state index contributed by atoms with van der Waals surface area (Å²) in [6.07, 6.45) is 6.98. The highest BCUT2D eigenvalue weighted by atomic mass is 32.2. The van der Waals surface area contributed by atoms with Gasteiger partial charge in [-0.3, -0.25) is 4.98 Å². The van der Waals surface area contributed by atoms with Gasteiger partial charge in [-0.25, -0.2) is 4.79 Å².